The highest BCUT2D eigenvalue weighted by Gasteiger charge is 2.16. The van der Waals surface area contributed by atoms with Gasteiger partial charge in [-0.3, -0.25) is 0 Å². The van der Waals surface area contributed by atoms with Crippen molar-refractivity contribution >= 4 is 12.0 Å². The molecule has 0 aliphatic heterocycles. The van der Waals surface area contributed by atoms with E-state index in [1.165, 1.54) is 0 Å². The molecule has 0 radical (unpaired) electrons. The van der Waals surface area contributed by atoms with Crippen LogP contribution in [0.4, 0.5) is 4.79 Å². The van der Waals surface area contributed by atoms with Crippen molar-refractivity contribution in [1.82, 2.24) is 10.6 Å². The standard InChI is InChI=1S/C10H20N2O4/c1-4-10(2,3)12-9(15)11-5-6-16-7-8(13)14/h4-7H2,1-3H3,(H,13,14)(H2,11,12,15). The van der Waals surface area contributed by atoms with E-state index < -0.39 is 5.97 Å². The van der Waals surface area contributed by atoms with Crippen LogP contribution in [0.2, 0.25) is 0 Å². The molecule has 0 fully saturated rings. The summed E-state index contributed by atoms with van der Waals surface area (Å²) in [5.41, 5.74) is -0.244. The number of amides is 2. The molecular weight excluding hydrogens is 212 g/mol. The molecule has 0 aliphatic carbocycles. The Bertz CT molecular complexity index is 241. The number of carbonyl (C=O) groups is 2. The van der Waals surface area contributed by atoms with Crippen molar-refractivity contribution in [1.29, 1.82) is 0 Å². The van der Waals surface area contributed by atoms with Crippen LogP contribution in [0.1, 0.15) is 27.2 Å². The highest BCUT2D eigenvalue weighted by molar-refractivity contribution is 5.74. The number of carboxylic acid groups (broad SMARTS) is 1. The van der Waals surface area contributed by atoms with Gasteiger partial charge in [0.15, 0.2) is 0 Å². The molecule has 0 heterocycles. The van der Waals surface area contributed by atoms with Crippen LogP contribution in [0.15, 0.2) is 0 Å². The summed E-state index contributed by atoms with van der Waals surface area (Å²) in [6.07, 6.45) is 0.829. The first-order chi connectivity index (χ1) is 7.37. The zero-order valence-electron chi connectivity index (χ0n) is 10.0. The molecule has 0 saturated heterocycles. The smallest absolute Gasteiger partial charge is 0.329 e. The number of ether oxygens (including phenoxy) is 1. The molecule has 0 spiro atoms. The Morgan fingerprint density at radius 1 is 1.38 bits per heavy atom. The molecule has 0 unspecified atom stereocenters. The van der Waals surface area contributed by atoms with Crippen molar-refractivity contribution in [3.8, 4) is 0 Å². The molecule has 0 bridgehead atoms. The molecular formula is C10H20N2O4. The summed E-state index contributed by atoms with van der Waals surface area (Å²) in [4.78, 5) is 21.4. The predicted molar refractivity (Wildman–Crippen MR) is 59.4 cm³/mol. The van der Waals surface area contributed by atoms with Gasteiger partial charge in [-0.25, -0.2) is 9.59 Å². The van der Waals surface area contributed by atoms with Crippen LogP contribution in [0.25, 0.3) is 0 Å². The second kappa shape index (κ2) is 7.05. The van der Waals surface area contributed by atoms with Crippen molar-refractivity contribution in [3.05, 3.63) is 0 Å². The van der Waals surface area contributed by atoms with Crippen molar-refractivity contribution in [2.24, 2.45) is 0 Å². The minimum absolute atomic E-state index is 0.187. The Balaban J connectivity index is 3.55. The molecule has 0 aromatic rings. The monoisotopic (exact) mass is 232 g/mol. The summed E-state index contributed by atoms with van der Waals surface area (Å²) >= 11 is 0. The number of hydrogen-bond acceptors (Lipinski definition) is 3. The molecule has 2 amide bonds. The number of carbonyl (C=O) groups excluding carboxylic acids is 1. The lowest BCUT2D eigenvalue weighted by Crippen LogP contribution is -2.48. The van der Waals surface area contributed by atoms with Crippen molar-refractivity contribution in [2.45, 2.75) is 32.7 Å². The van der Waals surface area contributed by atoms with Crippen molar-refractivity contribution < 1.29 is 19.4 Å². The Morgan fingerprint density at radius 2 is 2.00 bits per heavy atom. The zero-order chi connectivity index (χ0) is 12.6. The average molecular weight is 232 g/mol. The summed E-state index contributed by atoms with van der Waals surface area (Å²) in [6.45, 7) is 5.96. The van der Waals surface area contributed by atoms with Gasteiger partial charge in [0.25, 0.3) is 0 Å². The minimum atomic E-state index is -1.02. The largest absolute Gasteiger partial charge is 0.480 e. The van der Waals surface area contributed by atoms with Gasteiger partial charge in [0.1, 0.15) is 6.61 Å². The quantitative estimate of drug-likeness (QED) is 0.560. The van der Waals surface area contributed by atoms with Gasteiger partial charge in [-0.1, -0.05) is 6.92 Å². The van der Waals surface area contributed by atoms with Gasteiger partial charge in [-0.05, 0) is 20.3 Å². The molecule has 0 aromatic heterocycles. The summed E-state index contributed by atoms with van der Waals surface area (Å²) in [5.74, 6) is -1.02. The molecule has 0 aliphatic rings. The van der Waals surface area contributed by atoms with Gasteiger partial charge in [-0.2, -0.15) is 0 Å². The highest BCUT2D eigenvalue weighted by Crippen LogP contribution is 2.05. The molecule has 3 N–H and O–H groups in total. The number of aliphatic carboxylic acids is 1. The molecule has 6 heteroatoms. The van der Waals surface area contributed by atoms with E-state index in [0.29, 0.717) is 6.54 Å². The Morgan fingerprint density at radius 3 is 2.50 bits per heavy atom. The van der Waals surface area contributed by atoms with E-state index >= 15 is 0 Å². The number of carboxylic acids is 1. The van der Waals surface area contributed by atoms with Gasteiger partial charge in [0, 0.05) is 12.1 Å². The highest BCUT2D eigenvalue weighted by atomic mass is 16.5. The molecule has 6 nitrogen and oxygen atoms in total. The van der Waals surface area contributed by atoms with Crippen LogP contribution in [-0.4, -0.2) is 42.4 Å². The van der Waals surface area contributed by atoms with E-state index in [-0.39, 0.29) is 24.8 Å². The van der Waals surface area contributed by atoms with Crippen LogP contribution in [-0.2, 0) is 9.53 Å². The maximum absolute atomic E-state index is 11.3. The van der Waals surface area contributed by atoms with Gasteiger partial charge >= 0.3 is 12.0 Å². The van der Waals surface area contributed by atoms with Gasteiger partial charge < -0.3 is 20.5 Å². The third kappa shape index (κ3) is 8.05. The maximum Gasteiger partial charge on any atom is 0.329 e. The van der Waals surface area contributed by atoms with Gasteiger partial charge in [-0.15, -0.1) is 0 Å². The normalized spacial score (nSPS) is 10.9. The fraction of sp³-hybridized carbons (Fsp3) is 0.800. The first kappa shape index (κ1) is 14.7. The number of urea groups is 1. The molecule has 0 atom stereocenters. The van der Waals surface area contributed by atoms with Gasteiger partial charge in [0.2, 0.25) is 0 Å². The minimum Gasteiger partial charge on any atom is -0.480 e. The van der Waals surface area contributed by atoms with E-state index in [1.807, 2.05) is 20.8 Å². The summed E-state index contributed by atoms with van der Waals surface area (Å²) in [5, 5.41) is 13.6. The van der Waals surface area contributed by atoms with Crippen LogP contribution in [0, 0.1) is 0 Å². The number of nitrogens with one attached hydrogen (secondary N) is 2. The first-order valence-electron chi connectivity index (χ1n) is 5.23. The molecule has 16 heavy (non-hydrogen) atoms. The summed E-state index contributed by atoms with van der Waals surface area (Å²) < 4.78 is 4.76. The van der Waals surface area contributed by atoms with E-state index in [4.69, 9.17) is 9.84 Å². The maximum atomic E-state index is 11.3. The van der Waals surface area contributed by atoms with Gasteiger partial charge in [0.05, 0.1) is 6.61 Å². The molecule has 0 saturated carbocycles. The van der Waals surface area contributed by atoms with E-state index in [1.54, 1.807) is 0 Å². The Labute approximate surface area is 95.4 Å². The Hall–Kier alpha value is -1.30. The lowest BCUT2D eigenvalue weighted by Gasteiger charge is -2.24. The molecule has 94 valence electrons. The predicted octanol–water partition coefficient (Wildman–Crippen LogP) is 0.575. The third-order valence-electron chi connectivity index (χ3n) is 2.09. The Kier molecular flexibility index (Phi) is 6.48. The van der Waals surface area contributed by atoms with Crippen molar-refractivity contribution in [2.75, 3.05) is 19.8 Å². The summed E-state index contributed by atoms with van der Waals surface area (Å²) in [7, 11) is 0. The summed E-state index contributed by atoms with van der Waals surface area (Å²) in [6, 6.07) is -0.272. The zero-order valence-corrected chi connectivity index (χ0v) is 10.0. The van der Waals surface area contributed by atoms with E-state index in [9.17, 15) is 9.59 Å². The van der Waals surface area contributed by atoms with E-state index in [0.717, 1.165) is 6.42 Å². The third-order valence-corrected chi connectivity index (χ3v) is 2.09. The topological polar surface area (TPSA) is 87.7 Å². The average Bonchev–Trinajstić information content (AvgIpc) is 2.16. The van der Waals surface area contributed by atoms with Crippen LogP contribution < -0.4 is 10.6 Å². The molecule has 0 aromatic carbocycles. The van der Waals surface area contributed by atoms with Crippen molar-refractivity contribution in [3.63, 3.8) is 0 Å². The lowest BCUT2D eigenvalue weighted by molar-refractivity contribution is -0.142. The van der Waals surface area contributed by atoms with E-state index in [2.05, 4.69) is 10.6 Å². The fourth-order valence-corrected chi connectivity index (χ4v) is 0.836. The second-order valence-corrected chi connectivity index (χ2v) is 4.06. The fourth-order valence-electron chi connectivity index (χ4n) is 0.836. The number of rotatable bonds is 7. The SMILES string of the molecule is CCC(C)(C)NC(=O)NCCOCC(=O)O. The lowest BCUT2D eigenvalue weighted by atomic mass is 10.0. The van der Waals surface area contributed by atoms with Crippen LogP contribution >= 0.6 is 0 Å². The second-order valence-electron chi connectivity index (χ2n) is 4.06. The van der Waals surface area contributed by atoms with Crippen LogP contribution in [0.5, 0.6) is 0 Å². The van der Waals surface area contributed by atoms with Crippen LogP contribution in [0.3, 0.4) is 0 Å². The first-order valence-corrected chi connectivity index (χ1v) is 5.23. The number of hydrogen-bond donors (Lipinski definition) is 3. The molecule has 0 rings (SSSR count).